The summed E-state index contributed by atoms with van der Waals surface area (Å²) in [6.45, 7) is 4.38. The predicted molar refractivity (Wildman–Crippen MR) is 95.2 cm³/mol. The molecule has 0 aromatic rings. The molecule has 4 saturated carbocycles. The van der Waals surface area contributed by atoms with Crippen molar-refractivity contribution >= 4 is 11.6 Å². The first kappa shape index (κ1) is 17.0. The number of nitrogens with one attached hydrogen (secondary N) is 1. The first-order chi connectivity index (χ1) is 11.1. The Balaban J connectivity index is 1.47. The molecular formula is C20H34N2O. The van der Waals surface area contributed by atoms with E-state index in [9.17, 15) is 4.79 Å². The van der Waals surface area contributed by atoms with E-state index in [1.54, 1.807) is 0 Å². The molecule has 0 unspecified atom stereocenters. The number of carbonyl (C=O) groups is 1. The van der Waals surface area contributed by atoms with Crippen LogP contribution in [0.4, 0.5) is 0 Å². The Labute approximate surface area is 141 Å². The average molecular weight is 319 g/mol. The zero-order chi connectivity index (χ0) is 16.3. The summed E-state index contributed by atoms with van der Waals surface area (Å²) in [7, 11) is 0. The van der Waals surface area contributed by atoms with E-state index in [0.717, 1.165) is 24.2 Å². The Morgan fingerprint density at radius 3 is 2.13 bits per heavy atom. The molecule has 3 heteroatoms. The first-order valence-corrected chi connectivity index (χ1v) is 9.95. The SMILES string of the molecule is CCCCCCCC(=O)NN=C(C)C12CC3CC(CC(C3)C1)C2. The molecule has 4 aliphatic rings. The summed E-state index contributed by atoms with van der Waals surface area (Å²) in [6.07, 6.45) is 14.9. The molecule has 0 aliphatic heterocycles. The summed E-state index contributed by atoms with van der Waals surface area (Å²) in [5.41, 5.74) is 4.37. The quantitative estimate of drug-likeness (QED) is 0.379. The molecule has 1 N–H and O–H groups in total. The van der Waals surface area contributed by atoms with E-state index in [4.69, 9.17) is 0 Å². The summed E-state index contributed by atoms with van der Waals surface area (Å²) in [6, 6.07) is 0. The minimum absolute atomic E-state index is 0.102. The molecule has 130 valence electrons. The van der Waals surface area contributed by atoms with Crippen molar-refractivity contribution in [1.82, 2.24) is 5.43 Å². The summed E-state index contributed by atoms with van der Waals surface area (Å²) in [5, 5.41) is 4.55. The van der Waals surface area contributed by atoms with Crippen molar-refractivity contribution < 1.29 is 4.79 Å². The van der Waals surface area contributed by atoms with Gasteiger partial charge < -0.3 is 0 Å². The van der Waals surface area contributed by atoms with Crippen LogP contribution in [0.25, 0.3) is 0 Å². The number of hydrogen-bond donors (Lipinski definition) is 1. The predicted octanol–water partition coefficient (Wildman–Crippen LogP) is 5.06. The largest absolute Gasteiger partial charge is 0.273 e. The van der Waals surface area contributed by atoms with Gasteiger partial charge >= 0.3 is 0 Å². The molecule has 0 saturated heterocycles. The number of hydrazone groups is 1. The van der Waals surface area contributed by atoms with E-state index >= 15 is 0 Å². The van der Waals surface area contributed by atoms with Crippen LogP contribution < -0.4 is 5.43 Å². The summed E-state index contributed by atoms with van der Waals surface area (Å²) < 4.78 is 0. The number of carbonyl (C=O) groups excluding carboxylic acids is 1. The van der Waals surface area contributed by atoms with Gasteiger partial charge in [-0.25, -0.2) is 5.43 Å². The summed E-state index contributed by atoms with van der Waals surface area (Å²) in [5.74, 6) is 2.90. The molecule has 4 fully saturated rings. The van der Waals surface area contributed by atoms with Gasteiger partial charge in [-0.1, -0.05) is 32.6 Å². The number of rotatable bonds is 8. The lowest BCUT2D eigenvalue weighted by Gasteiger charge is -2.56. The van der Waals surface area contributed by atoms with Gasteiger partial charge in [0.05, 0.1) is 0 Å². The van der Waals surface area contributed by atoms with Crippen molar-refractivity contribution in [3.05, 3.63) is 0 Å². The van der Waals surface area contributed by atoms with Gasteiger partial charge in [0.15, 0.2) is 0 Å². The molecular weight excluding hydrogens is 284 g/mol. The van der Waals surface area contributed by atoms with Crippen molar-refractivity contribution in [3.63, 3.8) is 0 Å². The Morgan fingerprint density at radius 1 is 1.00 bits per heavy atom. The van der Waals surface area contributed by atoms with Crippen molar-refractivity contribution in [2.24, 2.45) is 28.3 Å². The molecule has 0 radical (unpaired) electrons. The average Bonchev–Trinajstić information content (AvgIpc) is 2.51. The van der Waals surface area contributed by atoms with Crippen LogP contribution in [-0.2, 0) is 4.79 Å². The minimum Gasteiger partial charge on any atom is -0.273 e. The molecule has 0 heterocycles. The third-order valence-corrected chi connectivity index (χ3v) is 6.66. The highest BCUT2D eigenvalue weighted by atomic mass is 16.2. The highest BCUT2D eigenvalue weighted by Crippen LogP contribution is 2.60. The lowest BCUT2D eigenvalue weighted by Crippen LogP contribution is -2.49. The lowest BCUT2D eigenvalue weighted by atomic mass is 9.48. The number of nitrogens with zero attached hydrogens (tertiary/aromatic N) is 1. The first-order valence-electron chi connectivity index (χ1n) is 9.95. The van der Waals surface area contributed by atoms with Crippen LogP contribution in [0.3, 0.4) is 0 Å². The highest BCUT2D eigenvalue weighted by molar-refractivity contribution is 5.89. The van der Waals surface area contributed by atoms with Crippen molar-refractivity contribution in [2.45, 2.75) is 90.9 Å². The molecule has 4 bridgehead atoms. The van der Waals surface area contributed by atoms with E-state index in [2.05, 4.69) is 24.4 Å². The summed E-state index contributed by atoms with van der Waals surface area (Å²) >= 11 is 0. The van der Waals surface area contributed by atoms with E-state index in [1.807, 2.05) is 0 Å². The Morgan fingerprint density at radius 2 is 1.57 bits per heavy atom. The minimum atomic E-state index is 0.102. The number of unbranched alkanes of at least 4 members (excludes halogenated alkanes) is 4. The fraction of sp³-hybridized carbons (Fsp3) is 0.900. The molecule has 0 spiro atoms. The van der Waals surface area contributed by atoms with Crippen LogP contribution >= 0.6 is 0 Å². The fourth-order valence-electron chi connectivity index (χ4n) is 5.76. The molecule has 3 nitrogen and oxygen atoms in total. The van der Waals surface area contributed by atoms with E-state index < -0.39 is 0 Å². The van der Waals surface area contributed by atoms with Gasteiger partial charge in [0.2, 0.25) is 5.91 Å². The van der Waals surface area contributed by atoms with Crippen LogP contribution in [0.1, 0.15) is 90.9 Å². The van der Waals surface area contributed by atoms with Gasteiger partial charge in [0.25, 0.3) is 0 Å². The zero-order valence-corrected chi connectivity index (χ0v) is 15.1. The highest BCUT2D eigenvalue weighted by Gasteiger charge is 2.52. The number of amides is 1. The molecule has 0 atom stereocenters. The fourth-order valence-corrected chi connectivity index (χ4v) is 5.76. The molecule has 0 aromatic carbocycles. The van der Waals surface area contributed by atoms with E-state index in [-0.39, 0.29) is 5.91 Å². The van der Waals surface area contributed by atoms with Gasteiger partial charge in [0, 0.05) is 17.5 Å². The Hall–Kier alpha value is -0.860. The molecule has 0 aromatic heterocycles. The Kier molecular flexibility index (Phi) is 5.43. The maximum absolute atomic E-state index is 12.0. The second kappa shape index (κ2) is 7.36. The molecule has 23 heavy (non-hydrogen) atoms. The topological polar surface area (TPSA) is 41.5 Å². The van der Waals surface area contributed by atoms with E-state index in [1.165, 1.54) is 69.9 Å². The maximum atomic E-state index is 12.0. The van der Waals surface area contributed by atoms with Gasteiger partial charge in [-0.3, -0.25) is 4.79 Å². The second-order valence-corrected chi connectivity index (χ2v) is 8.59. The van der Waals surface area contributed by atoms with Gasteiger partial charge in [-0.15, -0.1) is 0 Å². The van der Waals surface area contributed by atoms with Crippen LogP contribution in [0.5, 0.6) is 0 Å². The normalized spacial score (nSPS) is 35.6. The van der Waals surface area contributed by atoms with Crippen LogP contribution in [0.2, 0.25) is 0 Å². The standard InChI is InChI=1S/C20H34N2O/c1-3-4-5-6-7-8-19(23)22-21-15(2)20-12-16-9-17(13-20)11-18(10-16)14-20/h16-18H,3-14H2,1-2H3,(H,22,23). The monoisotopic (exact) mass is 318 g/mol. The van der Waals surface area contributed by atoms with Crippen molar-refractivity contribution in [1.29, 1.82) is 0 Å². The smallest absolute Gasteiger partial charge is 0.240 e. The summed E-state index contributed by atoms with van der Waals surface area (Å²) in [4.78, 5) is 12.0. The van der Waals surface area contributed by atoms with Gasteiger partial charge in [-0.05, 0) is 69.6 Å². The van der Waals surface area contributed by atoms with Crippen LogP contribution in [0.15, 0.2) is 5.10 Å². The number of hydrogen-bond acceptors (Lipinski definition) is 2. The van der Waals surface area contributed by atoms with Crippen molar-refractivity contribution in [3.8, 4) is 0 Å². The van der Waals surface area contributed by atoms with Crippen LogP contribution in [0, 0.1) is 23.2 Å². The maximum Gasteiger partial charge on any atom is 0.240 e. The zero-order valence-electron chi connectivity index (χ0n) is 15.1. The van der Waals surface area contributed by atoms with Gasteiger partial charge in [-0.2, -0.15) is 5.10 Å². The third-order valence-electron chi connectivity index (χ3n) is 6.66. The lowest BCUT2D eigenvalue weighted by molar-refractivity contribution is -0.121. The van der Waals surface area contributed by atoms with Crippen molar-refractivity contribution in [2.75, 3.05) is 0 Å². The van der Waals surface area contributed by atoms with Crippen LogP contribution in [-0.4, -0.2) is 11.6 Å². The Bertz CT molecular complexity index is 419. The second-order valence-electron chi connectivity index (χ2n) is 8.59. The third kappa shape index (κ3) is 3.97. The van der Waals surface area contributed by atoms with E-state index in [0.29, 0.717) is 11.8 Å². The molecule has 1 amide bonds. The van der Waals surface area contributed by atoms with Gasteiger partial charge in [0.1, 0.15) is 0 Å². The molecule has 4 rings (SSSR count). The molecule has 4 aliphatic carbocycles.